The maximum atomic E-state index is 6.25. The Morgan fingerprint density at radius 3 is 3.10 bits per heavy atom. The van der Waals surface area contributed by atoms with Crippen LogP contribution in [0.4, 0.5) is 5.69 Å². The number of anilines is 1. The molecule has 0 unspecified atom stereocenters. The molecule has 0 saturated carbocycles. The van der Waals surface area contributed by atoms with E-state index < -0.39 is 0 Å². The van der Waals surface area contributed by atoms with Crippen molar-refractivity contribution in [2.75, 3.05) is 5.32 Å². The molecule has 2 heterocycles. The first-order valence-corrected chi connectivity index (χ1v) is 7.54. The molecule has 2 aromatic heterocycles. The van der Waals surface area contributed by atoms with Gasteiger partial charge < -0.3 is 9.88 Å². The molecule has 1 aromatic carbocycles. The van der Waals surface area contributed by atoms with Gasteiger partial charge in [0.05, 0.1) is 41.0 Å². The highest BCUT2D eigenvalue weighted by Gasteiger charge is 2.10. The molecule has 0 aliphatic heterocycles. The molecule has 0 bridgehead atoms. The van der Waals surface area contributed by atoms with Gasteiger partial charge in [0.15, 0.2) is 0 Å². The molecule has 0 spiro atoms. The molecule has 3 rings (SSSR count). The number of fused-ring (bicyclic) bond motifs is 1. The number of hydrogen-bond acceptors (Lipinski definition) is 5. The topological polar surface area (TPSA) is 55.6 Å². The quantitative estimate of drug-likeness (QED) is 0.783. The molecule has 0 atom stereocenters. The van der Waals surface area contributed by atoms with Crippen molar-refractivity contribution in [2.45, 2.75) is 26.4 Å². The first kappa shape index (κ1) is 13.3. The molecule has 0 fully saturated rings. The van der Waals surface area contributed by atoms with Gasteiger partial charge in [0.1, 0.15) is 11.0 Å². The molecule has 1 N–H and O–H groups in total. The lowest BCUT2D eigenvalue weighted by atomic mass is 10.2. The van der Waals surface area contributed by atoms with Crippen molar-refractivity contribution in [1.82, 2.24) is 18.3 Å². The molecule has 0 aliphatic rings. The molecule has 3 aromatic rings. The second-order valence-electron chi connectivity index (χ2n) is 4.49. The maximum Gasteiger partial charge on any atom is 0.129 e. The summed E-state index contributed by atoms with van der Waals surface area (Å²) in [5.74, 6) is 0. The van der Waals surface area contributed by atoms with Crippen LogP contribution in [0.5, 0.6) is 0 Å². The standard InChI is InChI=1S/C13H14ClN5S/c1-2-5-19-8-15-6-9(19)7-16-12-10(14)3-4-11-13(12)18-20-17-11/h3-4,6,8,16H,2,5,7H2,1H3. The van der Waals surface area contributed by atoms with Crippen LogP contribution in [0.15, 0.2) is 24.7 Å². The Hall–Kier alpha value is -1.66. The number of halogens is 1. The molecule has 5 nitrogen and oxygen atoms in total. The summed E-state index contributed by atoms with van der Waals surface area (Å²) in [6.07, 6.45) is 4.80. The highest BCUT2D eigenvalue weighted by Crippen LogP contribution is 2.30. The van der Waals surface area contributed by atoms with E-state index in [1.807, 2.05) is 24.7 Å². The van der Waals surface area contributed by atoms with Gasteiger partial charge in [-0.15, -0.1) is 0 Å². The van der Waals surface area contributed by atoms with Crippen LogP contribution < -0.4 is 5.32 Å². The zero-order valence-corrected chi connectivity index (χ0v) is 12.6. The zero-order valence-electron chi connectivity index (χ0n) is 11.0. The van der Waals surface area contributed by atoms with Crippen molar-refractivity contribution in [3.05, 3.63) is 35.4 Å². The Balaban J connectivity index is 1.84. The Morgan fingerprint density at radius 1 is 1.35 bits per heavy atom. The summed E-state index contributed by atoms with van der Waals surface area (Å²) < 4.78 is 10.7. The number of benzene rings is 1. The number of nitrogens with one attached hydrogen (secondary N) is 1. The van der Waals surface area contributed by atoms with Crippen LogP contribution in [0.2, 0.25) is 5.02 Å². The fourth-order valence-corrected chi connectivity index (χ4v) is 2.87. The summed E-state index contributed by atoms with van der Waals surface area (Å²) in [6, 6.07) is 3.73. The highest BCUT2D eigenvalue weighted by molar-refractivity contribution is 7.00. The molecule has 0 aliphatic carbocycles. The van der Waals surface area contributed by atoms with Crippen molar-refractivity contribution < 1.29 is 0 Å². The van der Waals surface area contributed by atoms with Gasteiger partial charge in [0.2, 0.25) is 0 Å². The van der Waals surface area contributed by atoms with E-state index in [0.29, 0.717) is 11.6 Å². The molecular formula is C13H14ClN5S. The van der Waals surface area contributed by atoms with Crippen molar-refractivity contribution in [3.8, 4) is 0 Å². The predicted octanol–water partition coefficient (Wildman–Crippen LogP) is 3.56. The lowest BCUT2D eigenvalue weighted by Crippen LogP contribution is -2.07. The molecule has 0 saturated heterocycles. The van der Waals surface area contributed by atoms with Gasteiger partial charge in [0, 0.05) is 12.7 Å². The third kappa shape index (κ3) is 2.48. The van der Waals surface area contributed by atoms with E-state index in [4.69, 9.17) is 11.6 Å². The van der Waals surface area contributed by atoms with E-state index in [-0.39, 0.29) is 0 Å². The maximum absolute atomic E-state index is 6.25. The molecule has 20 heavy (non-hydrogen) atoms. The van der Waals surface area contributed by atoms with Crippen LogP contribution >= 0.6 is 23.3 Å². The largest absolute Gasteiger partial charge is 0.376 e. The molecule has 104 valence electrons. The van der Waals surface area contributed by atoms with Gasteiger partial charge in [0.25, 0.3) is 0 Å². The van der Waals surface area contributed by atoms with Gasteiger partial charge in [-0.2, -0.15) is 8.75 Å². The van der Waals surface area contributed by atoms with Crippen LogP contribution in [0.1, 0.15) is 19.0 Å². The zero-order chi connectivity index (χ0) is 13.9. The Morgan fingerprint density at radius 2 is 2.25 bits per heavy atom. The van der Waals surface area contributed by atoms with Gasteiger partial charge in [-0.1, -0.05) is 18.5 Å². The lowest BCUT2D eigenvalue weighted by Gasteiger charge is -2.10. The van der Waals surface area contributed by atoms with Crippen molar-refractivity contribution >= 4 is 40.0 Å². The third-order valence-corrected chi connectivity index (χ3v) is 3.94. The number of rotatable bonds is 5. The molecule has 7 heteroatoms. The second kappa shape index (κ2) is 5.76. The average Bonchev–Trinajstić information content (AvgIpc) is 3.07. The minimum Gasteiger partial charge on any atom is -0.376 e. The van der Waals surface area contributed by atoms with E-state index >= 15 is 0 Å². The first-order valence-electron chi connectivity index (χ1n) is 6.43. The van der Waals surface area contributed by atoms with E-state index in [1.54, 1.807) is 0 Å². The normalized spacial score (nSPS) is 11.1. The van der Waals surface area contributed by atoms with Gasteiger partial charge in [-0.25, -0.2) is 4.98 Å². The van der Waals surface area contributed by atoms with Gasteiger partial charge in [-0.05, 0) is 18.6 Å². The molecule has 0 amide bonds. The second-order valence-corrected chi connectivity index (χ2v) is 5.42. The monoisotopic (exact) mass is 307 g/mol. The Labute approximate surface area is 125 Å². The Bertz CT molecular complexity index is 720. The number of aryl methyl sites for hydroxylation is 1. The number of aromatic nitrogens is 4. The lowest BCUT2D eigenvalue weighted by molar-refractivity contribution is 0.651. The van der Waals surface area contributed by atoms with Crippen molar-refractivity contribution in [3.63, 3.8) is 0 Å². The highest BCUT2D eigenvalue weighted by atomic mass is 35.5. The number of hydrogen-bond donors (Lipinski definition) is 1. The third-order valence-electron chi connectivity index (χ3n) is 3.09. The summed E-state index contributed by atoms with van der Waals surface area (Å²) in [5, 5.41) is 4.01. The summed E-state index contributed by atoms with van der Waals surface area (Å²) in [6.45, 7) is 3.78. The van der Waals surface area contributed by atoms with Crippen molar-refractivity contribution in [1.29, 1.82) is 0 Å². The van der Waals surface area contributed by atoms with Gasteiger partial charge >= 0.3 is 0 Å². The van der Waals surface area contributed by atoms with E-state index in [1.165, 1.54) is 11.7 Å². The first-order chi connectivity index (χ1) is 9.79. The Kier molecular flexibility index (Phi) is 3.84. The van der Waals surface area contributed by atoms with Crippen LogP contribution in [0, 0.1) is 0 Å². The molecule has 0 radical (unpaired) electrons. The van der Waals surface area contributed by atoms with Crippen LogP contribution in [-0.2, 0) is 13.1 Å². The number of nitrogens with zero attached hydrogens (tertiary/aromatic N) is 4. The van der Waals surface area contributed by atoms with Crippen LogP contribution in [0.25, 0.3) is 11.0 Å². The fraction of sp³-hybridized carbons (Fsp3) is 0.308. The van der Waals surface area contributed by atoms with E-state index in [2.05, 4.69) is 30.5 Å². The summed E-state index contributed by atoms with van der Waals surface area (Å²) in [7, 11) is 0. The molecular weight excluding hydrogens is 294 g/mol. The van der Waals surface area contributed by atoms with Crippen molar-refractivity contribution in [2.24, 2.45) is 0 Å². The predicted molar refractivity (Wildman–Crippen MR) is 82.3 cm³/mol. The SMILES string of the molecule is CCCn1cncc1CNc1c(Cl)ccc2nsnc12. The summed E-state index contributed by atoms with van der Waals surface area (Å²) >= 11 is 7.45. The van der Waals surface area contributed by atoms with E-state index in [9.17, 15) is 0 Å². The summed E-state index contributed by atoms with van der Waals surface area (Å²) in [4.78, 5) is 4.19. The fourth-order valence-electron chi connectivity index (χ4n) is 2.11. The minimum atomic E-state index is 0.659. The van der Waals surface area contributed by atoms with E-state index in [0.717, 1.165) is 35.4 Å². The van der Waals surface area contributed by atoms with Crippen LogP contribution in [0.3, 0.4) is 0 Å². The number of imidazole rings is 1. The average molecular weight is 308 g/mol. The summed E-state index contributed by atoms with van der Waals surface area (Å²) in [5.41, 5.74) is 3.65. The minimum absolute atomic E-state index is 0.659. The van der Waals surface area contributed by atoms with Gasteiger partial charge in [-0.3, -0.25) is 0 Å². The smallest absolute Gasteiger partial charge is 0.129 e. The van der Waals surface area contributed by atoms with Crippen LogP contribution in [-0.4, -0.2) is 18.3 Å².